The number of carbonyl (C=O) groups is 1. The summed E-state index contributed by atoms with van der Waals surface area (Å²) in [7, 11) is 1.42. The van der Waals surface area contributed by atoms with Gasteiger partial charge in [0.2, 0.25) is 5.95 Å². The summed E-state index contributed by atoms with van der Waals surface area (Å²) in [4.78, 5) is 17.3. The number of aryl methyl sites for hydroxylation is 1. The number of ether oxygens (including phenoxy) is 1. The Bertz CT molecular complexity index is 1020. The number of allylic oxidation sites excluding steroid dienone is 1. The fourth-order valence-electron chi connectivity index (χ4n) is 3.53. The lowest BCUT2D eigenvalue weighted by Crippen LogP contribution is -2.29. The fourth-order valence-corrected chi connectivity index (χ4v) is 3.53. The van der Waals surface area contributed by atoms with Crippen molar-refractivity contribution in [2.24, 2.45) is 0 Å². The lowest BCUT2D eigenvalue weighted by atomic mass is 9.92. The molecule has 1 aliphatic heterocycles. The number of benzene rings is 2. The molecular formula is C20H19N3O2. The second kappa shape index (κ2) is 5.77. The van der Waals surface area contributed by atoms with Crippen molar-refractivity contribution >= 4 is 23.0 Å². The molecule has 0 radical (unpaired) electrons. The highest BCUT2D eigenvalue weighted by atomic mass is 16.5. The number of carbonyl (C=O) groups excluding carboxylic acids is 1. The van der Waals surface area contributed by atoms with E-state index in [1.807, 2.05) is 43.3 Å². The molecule has 1 aliphatic rings. The predicted molar refractivity (Wildman–Crippen MR) is 97.4 cm³/mol. The van der Waals surface area contributed by atoms with Crippen molar-refractivity contribution in [3.63, 3.8) is 0 Å². The second-order valence-corrected chi connectivity index (χ2v) is 6.21. The van der Waals surface area contributed by atoms with Crippen LogP contribution in [0.3, 0.4) is 0 Å². The van der Waals surface area contributed by atoms with Crippen molar-refractivity contribution in [3.8, 4) is 0 Å². The number of nitrogens with zero attached hydrogens (tertiary/aromatic N) is 2. The van der Waals surface area contributed by atoms with Crippen molar-refractivity contribution in [3.05, 3.63) is 70.9 Å². The van der Waals surface area contributed by atoms with Crippen LogP contribution in [0.1, 0.15) is 24.1 Å². The first-order valence-corrected chi connectivity index (χ1v) is 8.20. The summed E-state index contributed by atoms with van der Waals surface area (Å²) in [6.45, 7) is 3.95. The number of rotatable bonds is 2. The van der Waals surface area contributed by atoms with E-state index in [9.17, 15) is 4.79 Å². The highest BCUT2D eigenvalue weighted by Crippen LogP contribution is 2.40. The number of para-hydroxylation sites is 2. The van der Waals surface area contributed by atoms with Gasteiger partial charge in [-0.25, -0.2) is 9.78 Å². The van der Waals surface area contributed by atoms with E-state index in [0.717, 1.165) is 33.8 Å². The zero-order valence-electron chi connectivity index (χ0n) is 14.4. The van der Waals surface area contributed by atoms with Crippen LogP contribution in [0, 0.1) is 6.92 Å². The van der Waals surface area contributed by atoms with E-state index in [2.05, 4.69) is 28.9 Å². The topological polar surface area (TPSA) is 56.1 Å². The van der Waals surface area contributed by atoms with E-state index in [0.29, 0.717) is 5.57 Å². The normalized spacial score (nSPS) is 16.5. The number of anilines is 1. The quantitative estimate of drug-likeness (QED) is 0.725. The highest BCUT2D eigenvalue weighted by molar-refractivity contribution is 5.94. The molecule has 5 nitrogen and oxygen atoms in total. The average molecular weight is 333 g/mol. The van der Waals surface area contributed by atoms with Gasteiger partial charge in [-0.1, -0.05) is 36.4 Å². The van der Waals surface area contributed by atoms with Crippen molar-refractivity contribution in [2.45, 2.75) is 19.9 Å². The van der Waals surface area contributed by atoms with Gasteiger partial charge in [-0.05, 0) is 37.1 Å². The van der Waals surface area contributed by atoms with E-state index in [1.165, 1.54) is 7.11 Å². The minimum Gasteiger partial charge on any atom is -0.466 e. The fraction of sp³-hybridized carbons (Fsp3) is 0.200. The third-order valence-electron chi connectivity index (χ3n) is 4.72. The maximum Gasteiger partial charge on any atom is 0.337 e. The average Bonchev–Trinajstić information content (AvgIpc) is 2.98. The number of aromatic nitrogens is 2. The molecule has 0 amide bonds. The third kappa shape index (κ3) is 2.31. The summed E-state index contributed by atoms with van der Waals surface area (Å²) in [6, 6.07) is 15.8. The summed E-state index contributed by atoms with van der Waals surface area (Å²) < 4.78 is 7.17. The van der Waals surface area contributed by atoms with Gasteiger partial charge in [-0.15, -0.1) is 0 Å². The molecular weight excluding hydrogens is 314 g/mol. The molecule has 2 heterocycles. The van der Waals surface area contributed by atoms with Crippen LogP contribution >= 0.6 is 0 Å². The Labute approximate surface area is 145 Å². The second-order valence-electron chi connectivity index (χ2n) is 6.21. The molecule has 0 fully saturated rings. The summed E-state index contributed by atoms with van der Waals surface area (Å²) in [5, 5.41) is 3.26. The molecule has 1 atom stereocenters. The highest BCUT2D eigenvalue weighted by Gasteiger charge is 2.35. The predicted octanol–water partition coefficient (Wildman–Crippen LogP) is 3.81. The molecule has 5 heteroatoms. The summed E-state index contributed by atoms with van der Waals surface area (Å²) in [6.07, 6.45) is 0. The van der Waals surface area contributed by atoms with Crippen LogP contribution in [0.4, 0.5) is 5.95 Å². The Morgan fingerprint density at radius 2 is 1.84 bits per heavy atom. The first-order valence-electron chi connectivity index (χ1n) is 8.20. The Balaban J connectivity index is 2.05. The van der Waals surface area contributed by atoms with Crippen LogP contribution in [0.25, 0.3) is 11.0 Å². The van der Waals surface area contributed by atoms with Crippen molar-refractivity contribution in [2.75, 3.05) is 12.4 Å². The van der Waals surface area contributed by atoms with Crippen molar-refractivity contribution in [1.82, 2.24) is 9.55 Å². The van der Waals surface area contributed by atoms with Crippen molar-refractivity contribution in [1.29, 1.82) is 0 Å². The van der Waals surface area contributed by atoms with Gasteiger partial charge in [0, 0.05) is 5.70 Å². The first kappa shape index (κ1) is 15.4. The summed E-state index contributed by atoms with van der Waals surface area (Å²) >= 11 is 0. The number of hydrogen-bond acceptors (Lipinski definition) is 4. The molecule has 4 rings (SSSR count). The molecule has 1 N–H and O–H groups in total. The molecule has 3 aromatic rings. The molecule has 0 bridgehead atoms. The van der Waals surface area contributed by atoms with Gasteiger partial charge >= 0.3 is 5.97 Å². The molecule has 0 aliphatic carbocycles. The number of fused-ring (bicyclic) bond motifs is 3. The van der Waals surface area contributed by atoms with E-state index in [-0.39, 0.29) is 12.0 Å². The summed E-state index contributed by atoms with van der Waals surface area (Å²) in [5.41, 5.74) is 5.42. The maximum absolute atomic E-state index is 12.6. The molecule has 1 aromatic heterocycles. The monoisotopic (exact) mass is 333 g/mol. The lowest BCUT2D eigenvalue weighted by Gasteiger charge is -2.30. The molecule has 25 heavy (non-hydrogen) atoms. The number of hydrogen-bond donors (Lipinski definition) is 1. The van der Waals surface area contributed by atoms with Crippen LogP contribution < -0.4 is 5.32 Å². The lowest BCUT2D eigenvalue weighted by molar-refractivity contribution is -0.136. The van der Waals surface area contributed by atoms with Crippen LogP contribution in [0.15, 0.2) is 59.8 Å². The Hall–Kier alpha value is -3.08. The van der Waals surface area contributed by atoms with Crippen LogP contribution in [-0.4, -0.2) is 22.6 Å². The van der Waals surface area contributed by atoms with Crippen LogP contribution in [0.2, 0.25) is 0 Å². The molecule has 0 unspecified atom stereocenters. The first-order chi connectivity index (χ1) is 12.1. The van der Waals surface area contributed by atoms with E-state index in [4.69, 9.17) is 9.72 Å². The number of imidazole rings is 1. The van der Waals surface area contributed by atoms with Crippen LogP contribution in [0.5, 0.6) is 0 Å². The molecule has 126 valence electrons. The van der Waals surface area contributed by atoms with Gasteiger partial charge in [0.15, 0.2) is 0 Å². The maximum atomic E-state index is 12.6. The number of nitrogens with one attached hydrogen (secondary N) is 1. The SMILES string of the molecule is COC(=O)C1=C(C)Nc2nc3ccccc3n2[C@@H]1c1ccccc1C. The van der Waals surface area contributed by atoms with Gasteiger partial charge in [0.25, 0.3) is 0 Å². The van der Waals surface area contributed by atoms with Gasteiger partial charge in [-0.2, -0.15) is 0 Å². The minimum absolute atomic E-state index is 0.280. The standard InChI is InChI=1S/C20H19N3O2/c1-12-8-4-5-9-14(12)18-17(19(24)25-3)13(2)21-20-22-15-10-6-7-11-16(15)23(18)20/h4-11,18H,1-3H3,(H,21,22)/t18-/m1/s1. The van der Waals surface area contributed by atoms with Crippen molar-refractivity contribution < 1.29 is 9.53 Å². The number of esters is 1. The Morgan fingerprint density at radius 3 is 2.60 bits per heavy atom. The summed E-state index contributed by atoms with van der Waals surface area (Å²) in [5.74, 6) is 0.404. The van der Waals surface area contributed by atoms with Gasteiger partial charge < -0.3 is 10.1 Å². The largest absolute Gasteiger partial charge is 0.466 e. The van der Waals surface area contributed by atoms with E-state index >= 15 is 0 Å². The minimum atomic E-state index is -0.332. The Kier molecular flexibility index (Phi) is 3.57. The molecule has 2 aromatic carbocycles. The van der Waals surface area contributed by atoms with E-state index < -0.39 is 0 Å². The molecule has 0 saturated carbocycles. The van der Waals surface area contributed by atoms with Gasteiger partial charge in [-0.3, -0.25) is 4.57 Å². The zero-order valence-corrected chi connectivity index (χ0v) is 14.4. The van der Waals surface area contributed by atoms with Gasteiger partial charge in [0.05, 0.1) is 29.8 Å². The van der Waals surface area contributed by atoms with Crippen LogP contribution in [-0.2, 0) is 9.53 Å². The number of methoxy groups -OCH3 is 1. The Morgan fingerprint density at radius 1 is 1.12 bits per heavy atom. The van der Waals surface area contributed by atoms with E-state index in [1.54, 1.807) is 0 Å². The smallest absolute Gasteiger partial charge is 0.337 e. The molecule has 0 saturated heterocycles. The molecule has 0 spiro atoms. The van der Waals surface area contributed by atoms with Gasteiger partial charge in [0.1, 0.15) is 0 Å². The zero-order chi connectivity index (χ0) is 17.6. The third-order valence-corrected chi connectivity index (χ3v) is 4.72.